The molecule has 0 bridgehead atoms. The molecule has 1 N–H and O–H groups in total. The predicted octanol–water partition coefficient (Wildman–Crippen LogP) is 1.49. The Hall–Kier alpha value is -0.870. The summed E-state index contributed by atoms with van der Waals surface area (Å²) in [6, 6.07) is 3.43. The zero-order chi connectivity index (χ0) is 10.8. The first-order chi connectivity index (χ1) is 7.92. The Morgan fingerprint density at radius 2 is 2.12 bits per heavy atom. The summed E-state index contributed by atoms with van der Waals surface area (Å²) in [6.07, 6.45) is 6.97. The van der Waals surface area contributed by atoms with Gasteiger partial charge in [-0.3, -0.25) is 4.68 Å². The largest absolute Gasteiger partial charge is 0.381 e. The highest BCUT2D eigenvalue weighted by Crippen LogP contribution is 2.21. The zero-order valence-electron chi connectivity index (χ0n) is 9.56. The molecular formula is C12H19N3O. The molecule has 0 unspecified atom stereocenters. The van der Waals surface area contributed by atoms with Gasteiger partial charge in [-0.2, -0.15) is 5.10 Å². The van der Waals surface area contributed by atoms with Gasteiger partial charge in [0.25, 0.3) is 0 Å². The molecule has 1 aliphatic heterocycles. The third-order valence-electron chi connectivity index (χ3n) is 3.38. The summed E-state index contributed by atoms with van der Waals surface area (Å²) < 4.78 is 7.48. The molecular weight excluding hydrogens is 202 g/mol. The highest BCUT2D eigenvalue weighted by Gasteiger charge is 2.21. The maximum atomic E-state index is 5.36. The second-order valence-electron chi connectivity index (χ2n) is 4.79. The lowest BCUT2D eigenvalue weighted by Crippen LogP contribution is -2.21. The standard InChI is InChI=1S/C12H19N3O/c1-2-10(1)13-9-11-3-6-15(14-11)12-4-7-16-8-5-12/h3,6,10,12-13H,1-2,4-5,7-9H2. The van der Waals surface area contributed by atoms with Gasteiger partial charge in [-0.05, 0) is 31.7 Å². The molecule has 4 nitrogen and oxygen atoms in total. The van der Waals surface area contributed by atoms with Gasteiger partial charge in [0.2, 0.25) is 0 Å². The van der Waals surface area contributed by atoms with E-state index in [0.29, 0.717) is 6.04 Å². The number of nitrogens with one attached hydrogen (secondary N) is 1. The van der Waals surface area contributed by atoms with Gasteiger partial charge in [0.15, 0.2) is 0 Å². The Balaban J connectivity index is 1.57. The van der Waals surface area contributed by atoms with E-state index in [1.165, 1.54) is 18.5 Å². The van der Waals surface area contributed by atoms with Crippen molar-refractivity contribution in [1.82, 2.24) is 15.1 Å². The van der Waals surface area contributed by atoms with Crippen LogP contribution in [0.1, 0.15) is 37.4 Å². The quantitative estimate of drug-likeness (QED) is 0.837. The monoisotopic (exact) mass is 221 g/mol. The maximum Gasteiger partial charge on any atom is 0.0762 e. The second kappa shape index (κ2) is 4.55. The Kier molecular flexibility index (Phi) is 2.93. The van der Waals surface area contributed by atoms with E-state index in [1.54, 1.807) is 0 Å². The van der Waals surface area contributed by atoms with E-state index in [4.69, 9.17) is 4.74 Å². The summed E-state index contributed by atoms with van der Waals surface area (Å²) in [7, 11) is 0. The number of hydrogen-bond acceptors (Lipinski definition) is 3. The lowest BCUT2D eigenvalue weighted by molar-refractivity contribution is 0.0661. The summed E-state index contributed by atoms with van der Waals surface area (Å²) in [6.45, 7) is 2.67. The summed E-state index contributed by atoms with van der Waals surface area (Å²) in [5, 5.41) is 8.12. The number of ether oxygens (including phenoxy) is 1. The van der Waals surface area contributed by atoms with E-state index >= 15 is 0 Å². The molecule has 0 atom stereocenters. The first-order valence-electron chi connectivity index (χ1n) is 6.27. The van der Waals surface area contributed by atoms with Gasteiger partial charge in [0.1, 0.15) is 0 Å². The summed E-state index contributed by atoms with van der Waals surface area (Å²) in [4.78, 5) is 0. The van der Waals surface area contributed by atoms with Crippen LogP contribution in [0.2, 0.25) is 0 Å². The fraction of sp³-hybridized carbons (Fsp3) is 0.750. The molecule has 1 aromatic heterocycles. The second-order valence-corrected chi connectivity index (χ2v) is 4.79. The molecule has 1 saturated carbocycles. The van der Waals surface area contributed by atoms with Crippen molar-refractivity contribution in [3.8, 4) is 0 Å². The van der Waals surface area contributed by atoms with E-state index in [9.17, 15) is 0 Å². The van der Waals surface area contributed by atoms with Crippen LogP contribution in [-0.2, 0) is 11.3 Å². The molecule has 2 heterocycles. The Morgan fingerprint density at radius 1 is 1.31 bits per heavy atom. The lowest BCUT2D eigenvalue weighted by Gasteiger charge is -2.22. The number of aromatic nitrogens is 2. The van der Waals surface area contributed by atoms with Crippen molar-refractivity contribution in [3.05, 3.63) is 18.0 Å². The van der Waals surface area contributed by atoms with E-state index in [-0.39, 0.29) is 0 Å². The number of hydrogen-bond donors (Lipinski definition) is 1. The SMILES string of the molecule is c1cn(C2CCOCC2)nc1CNC1CC1. The molecule has 2 aliphatic rings. The minimum absolute atomic E-state index is 0.545. The van der Waals surface area contributed by atoms with Gasteiger partial charge in [-0.1, -0.05) is 0 Å². The Bertz CT molecular complexity index is 340. The van der Waals surface area contributed by atoms with Crippen LogP contribution < -0.4 is 5.32 Å². The van der Waals surface area contributed by atoms with Crippen LogP contribution in [0.5, 0.6) is 0 Å². The van der Waals surface area contributed by atoms with Crippen molar-refractivity contribution in [2.45, 2.75) is 44.3 Å². The Labute approximate surface area is 96.0 Å². The molecule has 0 radical (unpaired) electrons. The summed E-state index contributed by atoms with van der Waals surface area (Å²) in [5.74, 6) is 0. The maximum absolute atomic E-state index is 5.36. The minimum Gasteiger partial charge on any atom is -0.381 e. The molecule has 0 aromatic carbocycles. The van der Waals surface area contributed by atoms with Crippen molar-refractivity contribution >= 4 is 0 Å². The topological polar surface area (TPSA) is 39.1 Å². The van der Waals surface area contributed by atoms with Crippen LogP contribution in [0, 0.1) is 0 Å². The van der Waals surface area contributed by atoms with Crippen molar-refractivity contribution in [1.29, 1.82) is 0 Å². The lowest BCUT2D eigenvalue weighted by atomic mass is 10.1. The van der Waals surface area contributed by atoms with Gasteiger partial charge in [0, 0.05) is 32.0 Å². The smallest absolute Gasteiger partial charge is 0.0762 e. The van der Waals surface area contributed by atoms with Gasteiger partial charge >= 0.3 is 0 Å². The first kappa shape index (κ1) is 10.3. The van der Waals surface area contributed by atoms with Gasteiger partial charge in [-0.25, -0.2) is 0 Å². The van der Waals surface area contributed by atoms with Crippen LogP contribution in [0.3, 0.4) is 0 Å². The highest BCUT2D eigenvalue weighted by molar-refractivity contribution is 5.00. The molecule has 1 aromatic rings. The van der Waals surface area contributed by atoms with Crippen LogP contribution in [0.25, 0.3) is 0 Å². The Morgan fingerprint density at radius 3 is 2.88 bits per heavy atom. The molecule has 4 heteroatoms. The van der Waals surface area contributed by atoms with E-state index in [1.807, 2.05) is 0 Å². The van der Waals surface area contributed by atoms with Crippen molar-refractivity contribution in [2.75, 3.05) is 13.2 Å². The normalized spacial score (nSPS) is 22.5. The highest BCUT2D eigenvalue weighted by atomic mass is 16.5. The molecule has 88 valence electrons. The molecule has 3 rings (SSSR count). The van der Waals surface area contributed by atoms with Crippen LogP contribution in [-0.4, -0.2) is 29.0 Å². The number of nitrogens with zero attached hydrogens (tertiary/aromatic N) is 2. The van der Waals surface area contributed by atoms with Crippen molar-refractivity contribution in [2.24, 2.45) is 0 Å². The van der Waals surface area contributed by atoms with Crippen LogP contribution >= 0.6 is 0 Å². The number of rotatable bonds is 4. The van der Waals surface area contributed by atoms with Crippen LogP contribution in [0.4, 0.5) is 0 Å². The molecule has 0 amide bonds. The van der Waals surface area contributed by atoms with E-state index in [2.05, 4.69) is 27.4 Å². The molecule has 0 spiro atoms. The first-order valence-corrected chi connectivity index (χ1v) is 6.27. The fourth-order valence-corrected chi connectivity index (χ4v) is 2.16. The third-order valence-corrected chi connectivity index (χ3v) is 3.38. The fourth-order valence-electron chi connectivity index (χ4n) is 2.16. The molecule has 1 aliphatic carbocycles. The average Bonchev–Trinajstić information content (AvgIpc) is 3.05. The molecule has 2 fully saturated rings. The van der Waals surface area contributed by atoms with Crippen LogP contribution in [0.15, 0.2) is 12.3 Å². The molecule has 16 heavy (non-hydrogen) atoms. The average molecular weight is 221 g/mol. The van der Waals surface area contributed by atoms with Crippen molar-refractivity contribution in [3.63, 3.8) is 0 Å². The van der Waals surface area contributed by atoms with Crippen molar-refractivity contribution < 1.29 is 4.74 Å². The third kappa shape index (κ3) is 2.44. The van der Waals surface area contributed by atoms with E-state index < -0.39 is 0 Å². The van der Waals surface area contributed by atoms with Gasteiger partial charge in [-0.15, -0.1) is 0 Å². The van der Waals surface area contributed by atoms with Gasteiger partial charge in [0.05, 0.1) is 11.7 Å². The predicted molar refractivity (Wildman–Crippen MR) is 61.2 cm³/mol. The molecule has 1 saturated heterocycles. The summed E-state index contributed by atoms with van der Waals surface area (Å²) >= 11 is 0. The van der Waals surface area contributed by atoms with E-state index in [0.717, 1.165) is 38.6 Å². The summed E-state index contributed by atoms with van der Waals surface area (Å²) in [5.41, 5.74) is 1.17. The zero-order valence-corrected chi connectivity index (χ0v) is 9.56. The minimum atomic E-state index is 0.545. The van der Waals surface area contributed by atoms with Gasteiger partial charge < -0.3 is 10.1 Å².